The van der Waals surface area contributed by atoms with Crippen molar-refractivity contribution < 1.29 is 9.18 Å². The predicted molar refractivity (Wildman–Crippen MR) is 86.9 cm³/mol. The van der Waals surface area contributed by atoms with Crippen molar-refractivity contribution in [2.45, 2.75) is 45.6 Å². The van der Waals surface area contributed by atoms with E-state index in [0.717, 1.165) is 51.0 Å². The van der Waals surface area contributed by atoms with Crippen LogP contribution in [0, 0.1) is 11.7 Å². The van der Waals surface area contributed by atoms with Gasteiger partial charge in [-0.25, -0.2) is 4.39 Å². The summed E-state index contributed by atoms with van der Waals surface area (Å²) < 4.78 is 12.9. The summed E-state index contributed by atoms with van der Waals surface area (Å²) in [5.41, 5.74) is 1.10. The molecule has 2 rings (SSSR count). The van der Waals surface area contributed by atoms with Gasteiger partial charge in [0.25, 0.3) is 0 Å². The van der Waals surface area contributed by atoms with Crippen molar-refractivity contribution in [2.75, 3.05) is 19.6 Å². The standard InChI is InChI=1S/C18H27FN2O/c1-2-3-4-11-20-18(22)16-6-5-12-21(14-16)13-15-7-9-17(19)10-8-15/h7-10,16H,2-6,11-14H2,1H3,(H,20,22). The monoisotopic (exact) mass is 306 g/mol. The number of unbranched alkanes of at least 4 members (excludes halogenated alkanes) is 2. The van der Waals surface area contributed by atoms with Crippen molar-refractivity contribution in [1.29, 1.82) is 0 Å². The highest BCUT2D eigenvalue weighted by molar-refractivity contribution is 5.78. The van der Waals surface area contributed by atoms with Gasteiger partial charge in [0.2, 0.25) is 5.91 Å². The zero-order chi connectivity index (χ0) is 15.8. The zero-order valence-electron chi connectivity index (χ0n) is 13.5. The van der Waals surface area contributed by atoms with Gasteiger partial charge in [0, 0.05) is 19.6 Å². The lowest BCUT2D eigenvalue weighted by molar-refractivity contribution is -0.126. The Hall–Kier alpha value is -1.42. The fourth-order valence-corrected chi connectivity index (χ4v) is 2.99. The lowest BCUT2D eigenvalue weighted by Gasteiger charge is -2.32. The van der Waals surface area contributed by atoms with E-state index in [1.807, 2.05) is 12.1 Å². The Balaban J connectivity index is 1.78. The maximum Gasteiger partial charge on any atom is 0.224 e. The molecule has 4 heteroatoms. The van der Waals surface area contributed by atoms with Crippen molar-refractivity contribution in [3.05, 3.63) is 35.6 Å². The number of carbonyl (C=O) groups excluding carboxylic acids is 1. The summed E-state index contributed by atoms with van der Waals surface area (Å²) in [6.45, 7) is 5.56. The van der Waals surface area contributed by atoms with Crippen LogP contribution in [0.4, 0.5) is 4.39 Å². The number of rotatable bonds is 7. The number of hydrogen-bond donors (Lipinski definition) is 1. The molecular weight excluding hydrogens is 279 g/mol. The molecule has 0 saturated carbocycles. The minimum atomic E-state index is -0.202. The van der Waals surface area contributed by atoms with Gasteiger partial charge in [0.15, 0.2) is 0 Å². The second kappa shape index (κ2) is 8.89. The molecule has 0 bridgehead atoms. The third-order valence-electron chi connectivity index (χ3n) is 4.28. The number of nitrogens with zero attached hydrogens (tertiary/aromatic N) is 1. The summed E-state index contributed by atoms with van der Waals surface area (Å²) in [5.74, 6) is 0.0856. The average molecular weight is 306 g/mol. The second-order valence-electron chi connectivity index (χ2n) is 6.20. The van der Waals surface area contributed by atoms with E-state index < -0.39 is 0 Å². The molecule has 122 valence electrons. The van der Waals surface area contributed by atoms with Crippen molar-refractivity contribution in [3.8, 4) is 0 Å². The van der Waals surface area contributed by atoms with Crippen LogP contribution in [0.1, 0.15) is 44.6 Å². The molecular formula is C18H27FN2O. The molecule has 1 fully saturated rings. The highest BCUT2D eigenvalue weighted by Crippen LogP contribution is 2.19. The number of carbonyl (C=O) groups is 1. The fourth-order valence-electron chi connectivity index (χ4n) is 2.99. The second-order valence-corrected chi connectivity index (χ2v) is 6.20. The summed E-state index contributed by atoms with van der Waals surface area (Å²) in [6.07, 6.45) is 5.43. The fraction of sp³-hybridized carbons (Fsp3) is 0.611. The van der Waals surface area contributed by atoms with Gasteiger partial charge in [0.1, 0.15) is 5.82 Å². The molecule has 1 heterocycles. The Morgan fingerprint density at radius 2 is 2.09 bits per heavy atom. The Labute approximate surface area is 132 Å². The van der Waals surface area contributed by atoms with Crippen molar-refractivity contribution in [2.24, 2.45) is 5.92 Å². The van der Waals surface area contributed by atoms with Crippen LogP contribution in [-0.4, -0.2) is 30.4 Å². The molecule has 0 spiro atoms. The molecule has 1 aliphatic heterocycles. The lowest BCUT2D eigenvalue weighted by Crippen LogP contribution is -2.42. The van der Waals surface area contributed by atoms with Gasteiger partial charge in [-0.3, -0.25) is 9.69 Å². The number of benzene rings is 1. The highest BCUT2D eigenvalue weighted by Gasteiger charge is 2.25. The van der Waals surface area contributed by atoms with Crippen molar-refractivity contribution in [1.82, 2.24) is 10.2 Å². The van der Waals surface area contributed by atoms with Crippen LogP contribution in [-0.2, 0) is 11.3 Å². The minimum absolute atomic E-state index is 0.0934. The summed E-state index contributed by atoms with van der Waals surface area (Å²) in [5, 5.41) is 3.06. The largest absolute Gasteiger partial charge is 0.356 e. The first kappa shape index (κ1) is 16.9. The number of nitrogens with one attached hydrogen (secondary N) is 1. The number of likely N-dealkylation sites (tertiary alicyclic amines) is 1. The van der Waals surface area contributed by atoms with Gasteiger partial charge in [-0.15, -0.1) is 0 Å². The zero-order valence-corrected chi connectivity index (χ0v) is 13.5. The number of piperidine rings is 1. The Morgan fingerprint density at radius 3 is 2.82 bits per heavy atom. The Morgan fingerprint density at radius 1 is 1.32 bits per heavy atom. The average Bonchev–Trinajstić information content (AvgIpc) is 2.54. The Kier molecular flexibility index (Phi) is 6.84. The topological polar surface area (TPSA) is 32.3 Å². The minimum Gasteiger partial charge on any atom is -0.356 e. The summed E-state index contributed by atoms with van der Waals surface area (Å²) in [7, 11) is 0. The molecule has 1 aromatic carbocycles. The van der Waals surface area contributed by atoms with Crippen LogP contribution < -0.4 is 5.32 Å². The maximum atomic E-state index is 12.9. The molecule has 22 heavy (non-hydrogen) atoms. The molecule has 1 aliphatic rings. The molecule has 1 amide bonds. The van der Waals surface area contributed by atoms with E-state index >= 15 is 0 Å². The van der Waals surface area contributed by atoms with E-state index in [2.05, 4.69) is 17.1 Å². The lowest BCUT2D eigenvalue weighted by atomic mass is 9.96. The van der Waals surface area contributed by atoms with Crippen LogP contribution in [0.3, 0.4) is 0 Å². The molecule has 1 atom stereocenters. The number of halogens is 1. The molecule has 0 radical (unpaired) electrons. The van der Waals surface area contributed by atoms with E-state index in [0.29, 0.717) is 0 Å². The third-order valence-corrected chi connectivity index (χ3v) is 4.28. The first-order valence-electron chi connectivity index (χ1n) is 8.43. The predicted octanol–water partition coefficient (Wildman–Crippen LogP) is 3.34. The van der Waals surface area contributed by atoms with E-state index in [1.54, 1.807) is 0 Å². The SMILES string of the molecule is CCCCCNC(=O)C1CCCN(Cc2ccc(F)cc2)C1. The van der Waals surface area contributed by atoms with Crippen LogP contribution in [0.5, 0.6) is 0 Å². The molecule has 1 saturated heterocycles. The molecule has 0 aromatic heterocycles. The Bertz CT molecular complexity index is 461. The smallest absolute Gasteiger partial charge is 0.224 e. The van der Waals surface area contributed by atoms with Crippen LogP contribution in [0.25, 0.3) is 0 Å². The van der Waals surface area contributed by atoms with Gasteiger partial charge in [-0.2, -0.15) is 0 Å². The summed E-state index contributed by atoms with van der Waals surface area (Å²) in [6, 6.07) is 6.64. The van der Waals surface area contributed by atoms with E-state index in [9.17, 15) is 9.18 Å². The molecule has 3 nitrogen and oxygen atoms in total. The van der Waals surface area contributed by atoms with Crippen LogP contribution >= 0.6 is 0 Å². The van der Waals surface area contributed by atoms with Gasteiger partial charge < -0.3 is 5.32 Å². The molecule has 0 aliphatic carbocycles. The van der Waals surface area contributed by atoms with Crippen molar-refractivity contribution >= 4 is 5.91 Å². The quantitative estimate of drug-likeness (QED) is 0.784. The van der Waals surface area contributed by atoms with E-state index in [1.165, 1.54) is 25.0 Å². The van der Waals surface area contributed by atoms with Gasteiger partial charge in [-0.05, 0) is 43.5 Å². The maximum absolute atomic E-state index is 12.9. The highest BCUT2D eigenvalue weighted by atomic mass is 19.1. The van der Waals surface area contributed by atoms with Crippen molar-refractivity contribution in [3.63, 3.8) is 0 Å². The molecule has 1 aromatic rings. The van der Waals surface area contributed by atoms with Crippen LogP contribution in [0.2, 0.25) is 0 Å². The summed E-state index contributed by atoms with van der Waals surface area (Å²) in [4.78, 5) is 14.5. The molecule has 1 unspecified atom stereocenters. The molecule has 1 N–H and O–H groups in total. The van der Waals surface area contributed by atoms with Gasteiger partial charge in [0.05, 0.1) is 5.92 Å². The first-order chi connectivity index (χ1) is 10.7. The first-order valence-corrected chi connectivity index (χ1v) is 8.43. The normalized spacial score (nSPS) is 19.1. The number of amides is 1. The number of hydrogen-bond acceptors (Lipinski definition) is 2. The third kappa shape index (κ3) is 5.41. The van der Waals surface area contributed by atoms with Crippen LogP contribution in [0.15, 0.2) is 24.3 Å². The van der Waals surface area contributed by atoms with Gasteiger partial charge >= 0.3 is 0 Å². The van der Waals surface area contributed by atoms with E-state index in [4.69, 9.17) is 0 Å². The van der Waals surface area contributed by atoms with Gasteiger partial charge in [-0.1, -0.05) is 31.9 Å². The van der Waals surface area contributed by atoms with E-state index in [-0.39, 0.29) is 17.6 Å². The summed E-state index contributed by atoms with van der Waals surface area (Å²) >= 11 is 0.